The molecule has 12 aromatic rings. The first kappa shape index (κ1) is 33.2. The monoisotopic (exact) mass is 775 g/mol. The zero-order valence-corrected chi connectivity index (χ0v) is 32.9. The van der Waals surface area contributed by atoms with Crippen molar-refractivity contribution in [1.29, 1.82) is 0 Å². The third kappa shape index (κ3) is 5.30. The summed E-state index contributed by atoms with van der Waals surface area (Å²) in [4.78, 5) is 2.47. The molecule has 0 aliphatic carbocycles. The predicted molar refractivity (Wildman–Crippen MR) is 250 cm³/mol. The van der Waals surface area contributed by atoms with Crippen molar-refractivity contribution in [1.82, 2.24) is 0 Å². The van der Waals surface area contributed by atoms with Gasteiger partial charge in [-0.1, -0.05) is 146 Å². The van der Waals surface area contributed by atoms with Crippen LogP contribution in [-0.2, 0) is 0 Å². The molecule has 0 N–H and O–H groups in total. The fourth-order valence-electron chi connectivity index (χ4n) is 8.80. The summed E-state index contributed by atoms with van der Waals surface area (Å²) in [5.41, 5.74) is 12.3. The molecule has 0 saturated heterocycles. The first-order valence-corrected chi connectivity index (χ1v) is 21.2. The van der Waals surface area contributed by atoms with E-state index in [4.69, 9.17) is 4.42 Å². The van der Waals surface area contributed by atoms with Crippen molar-refractivity contribution in [3.05, 3.63) is 200 Å². The summed E-state index contributed by atoms with van der Waals surface area (Å²) in [5, 5.41) is 7.31. The quantitative estimate of drug-likeness (QED) is 0.167. The number of benzene rings is 9. The zero-order chi connectivity index (χ0) is 38.2. The highest BCUT2D eigenvalue weighted by Crippen LogP contribution is 2.50. The molecule has 0 aliphatic heterocycles. The highest BCUT2D eigenvalue weighted by molar-refractivity contribution is 7.26. The number of anilines is 3. The van der Waals surface area contributed by atoms with Gasteiger partial charge in [0.25, 0.3) is 0 Å². The van der Waals surface area contributed by atoms with Gasteiger partial charge in [-0.3, -0.25) is 0 Å². The van der Waals surface area contributed by atoms with Gasteiger partial charge in [-0.05, 0) is 88.0 Å². The second-order valence-corrected chi connectivity index (χ2v) is 17.0. The average Bonchev–Trinajstić information content (AvgIpc) is 3.98. The fraction of sp³-hybridized carbons (Fsp3) is 0. The number of nitrogens with zero attached hydrogens (tertiary/aromatic N) is 1. The van der Waals surface area contributed by atoms with Gasteiger partial charge in [0.1, 0.15) is 11.2 Å². The van der Waals surface area contributed by atoms with E-state index in [0.717, 1.165) is 39.0 Å². The molecule has 58 heavy (non-hydrogen) atoms. The van der Waals surface area contributed by atoms with E-state index in [0.29, 0.717) is 0 Å². The summed E-state index contributed by atoms with van der Waals surface area (Å²) in [6, 6.07) is 72.6. The highest BCUT2D eigenvalue weighted by Gasteiger charge is 2.23. The SMILES string of the molecule is c1ccc(-c2ccc3c(c2)sc2c(-c4ccccc4)ccc(N(c4ccc5c(c4)sc4ccccc45)c4ccc5oc6cccc(-c7ccccc7)c6c5c4)c23)cc1. The van der Waals surface area contributed by atoms with E-state index in [2.05, 4.69) is 205 Å². The van der Waals surface area contributed by atoms with Crippen molar-refractivity contribution in [2.75, 3.05) is 4.90 Å². The third-order valence-electron chi connectivity index (χ3n) is 11.5. The second-order valence-electron chi connectivity index (χ2n) is 14.8. The molecule has 0 amide bonds. The number of hydrogen-bond donors (Lipinski definition) is 0. The Morgan fingerprint density at radius 1 is 0.345 bits per heavy atom. The van der Waals surface area contributed by atoms with E-state index in [1.165, 1.54) is 73.7 Å². The molecule has 3 aromatic heterocycles. The van der Waals surface area contributed by atoms with E-state index in [-0.39, 0.29) is 0 Å². The van der Waals surface area contributed by atoms with Crippen molar-refractivity contribution in [2.45, 2.75) is 0 Å². The van der Waals surface area contributed by atoms with Crippen LogP contribution >= 0.6 is 22.7 Å². The van der Waals surface area contributed by atoms with Gasteiger partial charge in [-0.15, -0.1) is 22.7 Å². The second kappa shape index (κ2) is 13.3. The van der Waals surface area contributed by atoms with Crippen LogP contribution < -0.4 is 4.90 Å². The lowest BCUT2D eigenvalue weighted by molar-refractivity contribution is 0.669. The van der Waals surface area contributed by atoms with Gasteiger partial charge < -0.3 is 9.32 Å². The summed E-state index contributed by atoms with van der Waals surface area (Å²) < 4.78 is 11.7. The van der Waals surface area contributed by atoms with Gasteiger partial charge in [-0.2, -0.15) is 0 Å². The summed E-state index contributed by atoms with van der Waals surface area (Å²) in [6.45, 7) is 0. The lowest BCUT2D eigenvalue weighted by Gasteiger charge is -2.27. The lowest BCUT2D eigenvalue weighted by Crippen LogP contribution is -2.10. The average molecular weight is 776 g/mol. The van der Waals surface area contributed by atoms with Gasteiger partial charge in [0.05, 0.1) is 5.69 Å². The predicted octanol–water partition coefficient (Wildman–Crippen LogP) is 16.8. The normalized spacial score (nSPS) is 11.8. The Kier molecular flexibility index (Phi) is 7.62. The molecule has 0 radical (unpaired) electrons. The molecule has 3 heterocycles. The van der Waals surface area contributed by atoms with Crippen LogP contribution in [-0.4, -0.2) is 0 Å². The van der Waals surface area contributed by atoms with Crippen molar-refractivity contribution in [2.24, 2.45) is 0 Å². The Morgan fingerprint density at radius 2 is 1.00 bits per heavy atom. The minimum atomic E-state index is 0.876. The molecule has 272 valence electrons. The van der Waals surface area contributed by atoms with E-state index < -0.39 is 0 Å². The van der Waals surface area contributed by atoms with Crippen LogP contribution in [0.5, 0.6) is 0 Å². The summed E-state index contributed by atoms with van der Waals surface area (Å²) in [7, 11) is 0. The Morgan fingerprint density at radius 3 is 1.81 bits per heavy atom. The van der Waals surface area contributed by atoms with Crippen molar-refractivity contribution in [3.8, 4) is 33.4 Å². The molecule has 0 bridgehead atoms. The molecule has 0 atom stereocenters. The van der Waals surface area contributed by atoms with Crippen molar-refractivity contribution < 1.29 is 4.42 Å². The zero-order valence-electron chi connectivity index (χ0n) is 31.2. The fourth-order valence-corrected chi connectivity index (χ4v) is 11.2. The van der Waals surface area contributed by atoms with E-state index in [1.807, 2.05) is 22.7 Å². The maximum Gasteiger partial charge on any atom is 0.136 e. The topological polar surface area (TPSA) is 16.4 Å². The van der Waals surface area contributed by atoms with Gasteiger partial charge in [-0.25, -0.2) is 0 Å². The molecule has 0 saturated carbocycles. The highest BCUT2D eigenvalue weighted by atomic mass is 32.1. The van der Waals surface area contributed by atoms with E-state index >= 15 is 0 Å². The van der Waals surface area contributed by atoms with Gasteiger partial charge >= 0.3 is 0 Å². The smallest absolute Gasteiger partial charge is 0.136 e. The van der Waals surface area contributed by atoms with Gasteiger partial charge in [0.2, 0.25) is 0 Å². The Balaban J connectivity index is 1.15. The Hall–Kier alpha value is -6.98. The molecule has 0 fully saturated rings. The van der Waals surface area contributed by atoms with E-state index in [9.17, 15) is 0 Å². The number of thiophene rings is 2. The number of furan rings is 1. The minimum Gasteiger partial charge on any atom is -0.456 e. The largest absolute Gasteiger partial charge is 0.456 e. The summed E-state index contributed by atoms with van der Waals surface area (Å²) in [5.74, 6) is 0. The maximum absolute atomic E-state index is 6.56. The number of fused-ring (bicyclic) bond motifs is 9. The molecular weight excluding hydrogens is 743 g/mol. The molecular formula is C54H33NOS2. The van der Waals surface area contributed by atoms with Gasteiger partial charge in [0, 0.05) is 62.5 Å². The molecule has 9 aromatic carbocycles. The van der Waals surface area contributed by atoms with Crippen LogP contribution in [0.3, 0.4) is 0 Å². The van der Waals surface area contributed by atoms with E-state index in [1.54, 1.807) is 0 Å². The van der Waals surface area contributed by atoms with Crippen LogP contribution in [0.15, 0.2) is 205 Å². The van der Waals surface area contributed by atoms with Crippen LogP contribution in [0.2, 0.25) is 0 Å². The van der Waals surface area contributed by atoms with Crippen molar-refractivity contribution in [3.63, 3.8) is 0 Å². The summed E-state index contributed by atoms with van der Waals surface area (Å²) >= 11 is 3.74. The maximum atomic E-state index is 6.56. The molecule has 0 spiro atoms. The Bertz CT molecular complexity index is 3510. The molecule has 0 unspecified atom stereocenters. The molecule has 2 nitrogen and oxygen atoms in total. The third-order valence-corrected chi connectivity index (χ3v) is 13.8. The summed E-state index contributed by atoms with van der Waals surface area (Å²) in [6.07, 6.45) is 0. The first-order valence-electron chi connectivity index (χ1n) is 19.6. The van der Waals surface area contributed by atoms with Crippen LogP contribution in [0.1, 0.15) is 0 Å². The Labute approximate surface area is 343 Å². The number of rotatable bonds is 6. The van der Waals surface area contributed by atoms with Crippen LogP contribution in [0.25, 0.3) is 95.7 Å². The van der Waals surface area contributed by atoms with Crippen LogP contribution in [0, 0.1) is 0 Å². The minimum absolute atomic E-state index is 0.876. The molecule has 12 rings (SSSR count). The lowest BCUT2D eigenvalue weighted by atomic mass is 9.98. The van der Waals surface area contributed by atoms with Gasteiger partial charge in [0.15, 0.2) is 0 Å². The number of hydrogen-bond acceptors (Lipinski definition) is 4. The standard InChI is InChI=1S/C54H33NOS2/c1-4-13-34(14-5-1)37-23-26-44-50(31-37)58-54-41(36-17-8-3-9-18-36)28-29-46(53(44)54)55(39-24-27-43-42-19-10-11-22-49(42)57-51(43)33-39)38-25-30-47-45(32-38)52-40(20-12-21-48(52)56-47)35-15-6-2-7-16-35/h1-33H. The first-order chi connectivity index (χ1) is 28.7. The van der Waals surface area contributed by atoms with Crippen LogP contribution in [0.4, 0.5) is 17.1 Å². The molecule has 0 aliphatic rings. The van der Waals surface area contributed by atoms with Crippen molar-refractivity contribution >= 4 is 102 Å². The molecule has 4 heteroatoms.